The van der Waals surface area contributed by atoms with Gasteiger partial charge < -0.3 is 14.5 Å². The van der Waals surface area contributed by atoms with Gasteiger partial charge in [-0.15, -0.1) is 0 Å². The van der Waals surface area contributed by atoms with Crippen molar-refractivity contribution in [3.8, 4) is 0 Å². The highest BCUT2D eigenvalue weighted by molar-refractivity contribution is 6.47. The molecular formula is C19H30BN3O5. The molecule has 0 radical (unpaired) electrons. The van der Waals surface area contributed by atoms with E-state index in [0.717, 1.165) is 5.46 Å². The van der Waals surface area contributed by atoms with Crippen molar-refractivity contribution in [3.05, 3.63) is 28.9 Å². The predicted octanol–water partition coefficient (Wildman–Crippen LogP) is 0.942. The van der Waals surface area contributed by atoms with E-state index in [2.05, 4.69) is 5.10 Å². The average Bonchev–Trinajstić information content (AvgIpc) is 2.94. The van der Waals surface area contributed by atoms with Crippen molar-refractivity contribution in [1.29, 1.82) is 0 Å². The molecule has 8 nitrogen and oxygen atoms in total. The van der Waals surface area contributed by atoms with E-state index in [1.165, 1.54) is 15.4 Å². The molecule has 2 aromatic rings. The summed E-state index contributed by atoms with van der Waals surface area (Å²) >= 11 is 0. The van der Waals surface area contributed by atoms with Gasteiger partial charge in [0.25, 0.3) is 5.56 Å². The van der Waals surface area contributed by atoms with Crippen LogP contribution in [0.2, 0.25) is 0 Å². The minimum Gasteiger partial charge on any atom is -0.458 e. The molecule has 1 atom stereocenters. The monoisotopic (exact) mass is 391 g/mol. The van der Waals surface area contributed by atoms with Gasteiger partial charge in [-0.1, -0.05) is 0 Å². The number of fused-ring (bicyclic) bond motifs is 1. The number of hydrogen-bond donors (Lipinski definition) is 1. The second kappa shape index (κ2) is 7.37. The third-order valence-electron chi connectivity index (χ3n) is 4.85. The lowest BCUT2D eigenvalue weighted by atomic mass is 9.84. The SMILES string of the molecule is C[C@H](C(=O)OC(C)(C)C)n1cnn2cc(BOC(C)(C)C(C)(C)O)cc2c1=O. The van der Waals surface area contributed by atoms with Gasteiger partial charge in [0.15, 0.2) is 0 Å². The molecule has 0 aromatic carbocycles. The predicted molar refractivity (Wildman–Crippen MR) is 108 cm³/mol. The van der Waals surface area contributed by atoms with Gasteiger partial charge in [-0.3, -0.25) is 9.36 Å². The zero-order valence-electron chi connectivity index (χ0n) is 17.9. The van der Waals surface area contributed by atoms with Crippen LogP contribution in [0.3, 0.4) is 0 Å². The number of aliphatic hydroxyl groups is 1. The molecule has 0 aliphatic carbocycles. The maximum absolute atomic E-state index is 12.8. The maximum Gasteiger partial charge on any atom is 0.329 e. The molecule has 0 saturated carbocycles. The molecule has 2 heterocycles. The summed E-state index contributed by atoms with van der Waals surface area (Å²) < 4.78 is 13.9. The van der Waals surface area contributed by atoms with Crippen molar-refractivity contribution in [2.24, 2.45) is 0 Å². The first kappa shape index (κ1) is 22.2. The van der Waals surface area contributed by atoms with Crippen molar-refractivity contribution in [1.82, 2.24) is 14.2 Å². The van der Waals surface area contributed by atoms with Crippen LogP contribution in [0.5, 0.6) is 0 Å². The van der Waals surface area contributed by atoms with Gasteiger partial charge in [0.1, 0.15) is 23.5 Å². The minimum absolute atomic E-state index is 0.210. The molecule has 2 aromatic heterocycles. The second-order valence-corrected chi connectivity index (χ2v) is 9.09. The Hall–Kier alpha value is -2.13. The number of ether oxygens (including phenoxy) is 1. The van der Waals surface area contributed by atoms with Gasteiger partial charge >= 0.3 is 13.5 Å². The molecule has 28 heavy (non-hydrogen) atoms. The Balaban J connectivity index is 2.27. The standard InChI is InChI=1S/C19H30BN3O5/c1-12(16(25)27-17(2,3)4)22-11-21-23-10-13(9-14(23)15(22)24)20-28-19(7,8)18(5,6)26/h9-12,20,26H,1-8H3/t12-/m1/s1. The fourth-order valence-corrected chi connectivity index (χ4v) is 2.35. The fraction of sp³-hybridized carbons (Fsp3) is 0.632. The zero-order chi connectivity index (χ0) is 21.5. The summed E-state index contributed by atoms with van der Waals surface area (Å²) in [6, 6.07) is 0.877. The molecule has 0 fully saturated rings. The van der Waals surface area contributed by atoms with E-state index in [1.54, 1.807) is 67.7 Å². The molecular weight excluding hydrogens is 361 g/mol. The first-order valence-corrected chi connectivity index (χ1v) is 9.30. The van der Waals surface area contributed by atoms with Crippen LogP contribution in [-0.4, -0.2) is 49.5 Å². The van der Waals surface area contributed by atoms with Crippen LogP contribution in [0.15, 0.2) is 23.4 Å². The average molecular weight is 391 g/mol. The lowest BCUT2D eigenvalue weighted by Gasteiger charge is -2.37. The Bertz CT molecular complexity index is 918. The summed E-state index contributed by atoms with van der Waals surface area (Å²) in [5.41, 5.74) is -1.72. The van der Waals surface area contributed by atoms with Crippen LogP contribution in [-0.2, 0) is 14.2 Å². The number of hydrogen-bond acceptors (Lipinski definition) is 6. The van der Waals surface area contributed by atoms with E-state index >= 15 is 0 Å². The van der Waals surface area contributed by atoms with Crippen LogP contribution in [0.1, 0.15) is 61.4 Å². The van der Waals surface area contributed by atoms with E-state index in [-0.39, 0.29) is 13.0 Å². The topological polar surface area (TPSA) is 95.1 Å². The Morgan fingerprint density at radius 2 is 1.82 bits per heavy atom. The van der Waals surface area contributed by atoms with Gasteiger partial charge in [-0.25, -0.2) is 9.31 Å². The highest BCUT2D eigenvalue weighted by Crippen LogP contribution is 2.24. The third-order valence-corrected chi connectivity index (χ3v) is 4.85. The number of nitrogens with zero attached hydrogens (tertiary/aromatic N) is 3. The first-order valence-electron chi connectivity index (χ1n) is 9.30. The summed E-state index contributed by atoms with van der Waals surface area (Å²) in [4.78, 5) is 25.1. The quantitative estimate of drug-likeness (QED) is 0.582. The van der Waals surface area contributed by atoms with Crippen LogP contribution in [0, 0.1) is 0 Å². The molecule has 0 saturated heterocycles. The molecule has 154 valence electrons. The zero-order valence-corrected chi connectivity index (χ0v) is 17.9. The Morgan fingerprint density at radius 1 is 1.21 bits per heavy atom. The molecule has 0 amide bonds. The molecule has 1 N–H and O–H groups in total. The van der Waals surface area contributed by atoms with Crippen molar-refractivity contribution in [2.45, 2.75) is 78.2 Å². The molecule has 0 spiro atoms. The summed E-state index contributed by atoms with van der Waals surface area (Å²) in [6.45, 7) is 13.9. The van der Waals surface area contributed by atoms with Crippen LogP contribution in [0.4, 0.5) is 0 Å². The number of aromatic nitrogens is 3. The Morgan fingerprint density at radius 3 is 2.36 bits per heavy atom. The van der Waals surface area contributed by atoms with E-state index in [1.807, 2.05) is 0 Å². The molecule has 0 bridgehead atoms. The van der Waals surface area contributed by atoms with Gasteiger partial charge in [0, 0.05) is 6.20 Å². The largest absolute Gasteiger partial charge is 0.458 e. The number of esters is 1. The van der Waals surface area contributed by atoms with E-state index in [0.29, 0.717) is 5.52 Å². The Labute approximate surface area is 165 Å². The van der Waals surface area contributed by atoms with Crippen LogP contribution >= 0.6 is 0 Å². The lowest BCUT2D eigenvalue weighted by Crippen LogP contribution is -2.49. The van der Waals surface area contributed by atoms with Crippen LogP contribution < -0.4 is 11.0 Å². The van der Waals surface area contributed by atoms with Gasteiger partial charge in [0.2, 0.25) is 0 Å². The molecule has 0 unspecified atom stereocenters. The normalized spacial score (nSPS) is 14.2. The molecule has 0 aliphatic heterocycles. The first-order chi connectivity index (χ1) is 12.6. The second-order valence-electron chi connectivity index (χ2n) is 9.09. The molecule has 2 rings (SSSR count). The molecule has 9 heteroatoms. The van der Waals surface area contributed by atoms with Gasteiger partial charge in [0.05, 0.1) is 11.2 Å². The molecule has 0 aliphatic rings. The summed E-state index contributed by atoms with van der Waals surface area (Å²) in [5, 5.41) is 14.4. The Kier molecular flexibility index (Phi) is 5.83. The van der Waals surface area contributed by atoms with Crippen molar-refractivity contribution >= 4 is 24.4 Å². The number of carbonyl (C=O) groups excluding carboxylic acids is 1. The van der Waals surface area contributed by atoms with E-state index in [4.69, 9.17) is 9.39 Å². The summed E-state index contributed by atoms with van der Waals surface area (Å²) in [7, 11) is 0.210. The number of carbonyl (C=O) groups is 1. The highest BCUT2D eigenvalue weighted by atomic mass is 16.6. The summed E-state index contributed by atoms with van der Waals surface area (Å²) in [6.07, 6.45) is 3.02. The van der Waals surface area contributed by atoms with E-state index in [9.17, 15) is 14.7 Å². The lowest BCUT2D eigenvalue weighted by molar-refractivity contribution is -0.158. The van der Waals surface area contributed by atoms with Crippen molar-refractivity contribution in [3.63, 3.8) is 0 Å². The third kappa shape index (κ3) is 4.83. The van der Waals surface area contributed by atoms with Crippen LogP contribution in [0.25, 0.3) is 5.52 Å². The van der Waals surface area contributed by atoms with E-state index < -0.39 is 28.8 Å². The summed E-state index contributed by atoms with van der Waals surface area (Å²) in [5.74, 6) is -0.497. The number of rotatable bonds is 6. The highest BCUT2D eigenvalue weighted by Gasteiger charge is 2.35. The minimum atomic E-state index is -1.03. The van der Waals surface area contributed by atoms with Gasteiger partial charge in [-0.05, 0) is 66.9 Å². The fourth-order valence-electron chi connectivity index (χ4n) is 2.35. The smallest absolute Gasteiger partial charge is 0.329 e. The van der Waals surface area contributed by atoms with Crippen molar-refractivity contribution < 1.29 is 19.3 Å². The van der Waals surface area contributed by atoms with Crippen molar-refractivity contribution in [2.75, 3.05) is 0 Å². The van der Waals surface area contributed by atoms with Gasteiger partial charge in [-0.2, -0.15) is 5.10 Å². The maximum atomic E-state index is 12.8.